The number of amides is 1. The van der Waals surface area contributed by atoms with E-state index in [0.29, 0.717) is 12.4 Å². The molecule has 19 heavy (non-hydrogen) atoms. The van der Waals surface area contributed by atoms with Crippen molar-refractivity contribution in [1.29, 1.82) is 0 Å². The van der Waals surface area contributed by atoms with Gasteiger partial charge in [-0.3, -0.25) is 9.69 Å². The van der Waals surface area contributed by atoms with E-state index in [4.69, 9.17) is 0 Å². The van der Waals surface area contributed by atoms with E-state index in [2.05, 4.69) is 20.2 Å². The van der Waals surface area contributed by atoms with Crippen LogP contribution < -0.4 is 5.32 Å². The van der Waals surface area contributed by atoms with Crippen LogP contribution >= 0.6 is 11.8 Å². The average Bonchev–Trinajstić information content (AvgIpc) is 2.66. The van der Waals surface area contributed by atoms with Crippen molar-refractivity contribution in [2.45, 2.75) is 13.8 Å². The summed E-state index contributed by atoms with van der Waals surface area (Å²) in [6.07, 6.45) is 0. The molecule has 1 unspecified atom stereocenters. The normalized spacial score (nSPS) is 28.3. The summed E-state index contributed by atoms with van der Waals surface area (Å²) >= 11 is 1.62. The van der Waals surface area contributed by atoms with Crippen molar-refractivity contribution in [3.63, 3.8) is 0 Å². The SMILES string of the molecule is CC1=C(C)C2C(=O)N=C(CN3CCNCC3)N=C2S1. The second-order valence-corrected chi connectivity index (χ2v) is 6.35. The molecule has 0 saturated carbocycles. The molecular weight excluding hydrogens is 260 g/mol. The van der Waals surface area contributed by atoms with Crippen molar-refractivity contribution in [3.05, 3.63) is 10.5 Å². The van der Waals surface area contributed by atoms with Gasteiger partial charge in [-0.2, -0.15) is 4.99 Å². The minimum atomic E-state index is -0.197. The van der Waals surface area contributed by atoms with E-state index >= 15 is 0 Å². The number of carbonyl (C=O) groups is 1. The van der Waals surface area contributed by atoms with Gasteiger partial charge in [0.2, 0.25) is 0 Å². The fourth-order valence-electron chi connectivity index (χ4n) is 2.55. The first-order valence-corrected chi connectivity index (χ1v) is 7.45. The highest BCUT2D eigenvalue weighted by Crippen LogP contribution is 2.39. The van der Waals surface area contributed by atoms with E-state index in [1.165, 1.54) is 4.91 Å². The molecule has 0 aliphatic carbocycles. The fraction of sp³-hybridized carbons (Fsp3) is 0.615. The molecule has 0 spiro atoms. The van der Waals surface area contributed by atoms with E-state index in [-0.39, 0.29) is 11.8 Å². The minimum absolute atomic E-state index is 0.0445. The standard InChI is InChI=1S/C13H18N4OS/c1-8-9(2)19-13-11(8)12(18)15-10(16-13)7-17-5-3-14-4-6-17/h11,14H,3-7H2,1-2H3. The molecule has 3 rings (SSSR count). The summed E-state index contributed by atoms with van der Waals surface area (Å²) in [5.74, 6) is 0.432. The van der Waals surface area contributed by atoms with Crippen molar-refractivity contribution < 1.29 is 4.79 Å². The summed E-state index contributed by atoms with van der Waals surface area (Å²) in [5, 5.41) is 4.23. The molecule has 1 saturated heterocycles. The van der Waals surface area contributed by atoms with Gasteiger partial charge in [0.1, 0.15) is 11.8 Å². The topological polar surface area (TPSA) is 57.1 Å². The molecule has 1 fully saturated rings. The van der Waals surface area contributed by atoms with Gasteiger partial charge in [0, 0.05) is 26.2 Å². The third-order valence-electron chi connectivity index (χ3n) is 3.79. The maximum absolute atomic E-state index is 12.1. The van der Waals surface area contributed by atoms with Crippen LogP contribution in [-0.2, 0) is 4.79 Å². The smallest absolute Gasteiger partial charge is 0.261 e. The third-order valence-corrected chi connectivity index (χ3v) is 4.96. The van der Waals surface area contributed by atoms with Gasteiger partial charge in [-0.05, 0) is 24.3 Å². The molecule has 0 aromatic heterocycles. The highest BCUT2D eigenvalue weighted by Gasteiger charge is 2.36. The Bertz CT molecular complexity index is 503. The number of piperazine rings is 1. The summed E-state index contributed by atoms with van der Waals surface area (Å²) in [4.78, 5) is 24.4. The lowest BCUT2D eigenvalue weighted by Crippen LogP contribution is -2.45. The lowest BCUT2D eigenvalue weighted by atomic mass is 10.0. The van der Waals surface area contributed by atoms with Crippen molar-refractivity contribution in [2.75, 3.05) is 32.7 Å². The van der Waals surface area contributed by atoms with Crippen molar-refractivity contribution in [1.82, 2.24) is 10.2 Å². The number of thioether (sulfide) groups is 1. The summed E-state index contributed by atoms with van der Waals surface area (Å²) in [6.45, 7) is 8.70. The number of carbonyl (C=O) groups excluding carboxylic acids is 1. The van der Waals surface area contributed by atoms with E-state index in [1.54, 1.807) is 11.8 Å². The molecule has 0 aromatic rings. The third kappa shape index (κ3) is 2.52. The zero-order valence-corrected chi connectivity index (χ0v) is 12.1. The maximum Gasteiger partial charge on any atom is 0.261 e. The van der Waals surface area contributed by atoms with E-state index in [0.717, 1.165) is 36.8 Å². The molecule has 3 aliphatic rings. The molecule has 5 nitrogen and oxygen atoms in total. The predicted molar refractivity (Wildman–Crippen MR) is 78.6 cm³/mol. The fourth-order valence-corrected chi connectivity index (χ4v) is 3.69. The van der Waals surface area contributed by atoms with Gasteiger partial charge < -0.3 is 5.32 Å². The summed E-state index contributed by atoms with van der Waals surface area (Å²) in [7, 11) is 0. The molecule has 0 aromatic carbocycles. The number of rotatable bonds is 2. The first-order valence-electron chi connectivity index (χ1n) is 6.63. The molecule has 102 valence electrons. The Balaban J connectivity index is 1.74. The Morgan fingerprint density at radius 2 is 2.05 bits per heavy atom. The Morgan fingerprint density at radius 3 is 2.79 bits per heavy atom. The highest BCUT2D eigenvalue weighted by molar-refractivity contribution is 8.17. The average molecular weight is 278 g/mol. The maximum atomic E-state index is 12.1. The largest absolute Gasteiger partial charge is 0.314 e. The van der Waals surface area contributed by atoms with Gasteiger partial charge in [-0.1, -0.05) is 11.8 Å². The van der Waals surface area contributed by atoms with Crippen LogP contribution in [0.15, 0.2) is 20.5 Å². The first kappa shape index (κ1) is 13.0. The molecule has 1 atom stereocenters. The Morgan fingerprint density at radius 1 is 1.32 bits per heavy atom. The molecule has 6 heteroatoms. The van der Waals surface area contributed by atoms with Gasteiger partial charge in [0.05, 0.1) is 11.6 Å². The number of nitrogens with zero attached hydrogens (tertiary/aromatic N) is 3. The van der Waals surface area contributed by atoms with E-state index in [1.807, 2.05) is 13.8 Å². The Labute approximate surface area is 117 Å². The van der Waals surface area contributed by atoms with Crippen molar-refractivity contribution in [3.8, 4) is 0 Å². The van der Waals surface area contributed by atoms with Gasteiger partial charge >= 0.3 is 0 Å². The quantitative estimate of drug-likeness (QED) is 0.815. The van der Waals surface area contributed by atoms with Crippen LogP contribution in [0.5, 0.6) is 0 Å². The van der Waals surface area contributed by atoms with Crippen LogP contribution in [0.3, 0.4) is 0 Å². The van der Waals surface area contributed by atoms with Crippen LogP contribution in [0, 0.1) is 5.92 Å². The summed E-state index contributed by atoms with van der Waals surface area (Å²) < 4.78 is 0. The van der Waals surface area contributed by atoms with Crippen molar-refractivity contribution >= 4 is 28.5 Å². The minimum Gasteiger partial charge on any atom is -0.314 e. The van der Waals surface area contributed by atoms with Gasteiger partial charge in [0.25, 0.3) is 5.91 Å². The first-order chi connectivity index (χ1) is 9.15. The summed E-state index contributed by atoms with van der Waals surface area (Å²) in [5.41, 5.74) is 1.11. The lowest BCUT2D eigenvalue weighted by molar-refractivity contribution is -0.118. The van der Waals surface area contributed by atoms with Crippen molar-refractivity contribution in [2.24, 2.45) is 15.9 Å². The van der Waals surface area contributed by atoms with E-state index < -0.39 is 0 Å². The predicted octanol–water partition coefficient (Wildman–Crippen LogP) is 0.886. The number of nitrogens with one attached hydrogen (secondary N) is 1. The number of hydrogen-bond donors (Lipinski definition) is 1. The van der Waals surface area contributed by atoms with Crippen LogP contribution in [0.25, 0.3) is 0 Å². The van der Waals surface area contributed by atoms with Crippen LogP contribution in [0.1, 0.15) is 13.8 Å². The number of fused-ring (bicyclic) bond motifs is 1. The highest BCUT2D eigenvalue weighted by atomic mass is 32.2. The number of hydrogen-bond acceptors (Lipinski definition) is 5. The molecule has 3 heterocycles. The van der Waals surface area contributed by atoms with Crippen LogP contribution in [-0.4, -0.2) is 54.4 Å². The van der Waals surface area contributed by atoms with Gasteiger partial charge in [-0.15, -0.1) is 0 Å². The molecule has 3 aliphatic heterocycles. The zero-order valence-electron chi connectivity index (χ0n) is 11.3. The van der Waals surface area contributed by atoms with Gasteiger partial charge in [0.15, 0.2) is 0 Å². The van der Waals surface area contributed by atoms with Gasteiger partial charge in [-0.25, -0.2) is 4.99 Å². The second-order valence-electron chi connectivity index (χ2n) is 5.12. The Kier molecular flexibility index (Phi) is 3.56. The number of amidine groups is 1. The monoisotopic (exact) mass is 278 g/mol. The number of allylic oxidation sites excluding steroid dienone is 1. The second kappa shape index (κ2) is 5.19. The molecule has 1 amide bonds. The van der Waals surface area contributed by atoms with E-state index in [9.17, 15) is 4.79 Å². The lowest BCUT2D eigenvalue weighted by Gasteiger charge is -2.27. The molecule has 1 N–H and O–H groups in total. The number of aliphatic imine (C=N–C) groups is 2. The van der Waals surface area contributed by atoms with Crippen LogP contribution in [0.2, 0.25) is 0 Å². The zero-order chi connectivity index (χ0) is 13.4. The Hall–Kier alpha value is -0.980. The van der Waals surface area contributed by atoms with Crippen LogP contribution in [0.4, 0.5) is 0 Å². The molecule has 0 radical (unpaired) electrons. The molecule has 0 bridgehead atoms. The molecular formula is C13H18N4OS. The summed E-state index contributed by atoms with van der Waals surface area (Å²) in [6, 6.07) is 0.